The highest BCUT2D eigenvalue weighted by Crippen LogP contribution is 2.51. The van der Waals surface area contributed by atoms with Crippen molar-refractivity contribution in [2.75, 3.05) is 0 Å². The fraction of sp³-hybridized carbons (Fsp3) is 0.406. The van der Waals surface area contributed by atoms with E-state index in [1.165, 1.54) is 29.5 Å². The summed E-state index contributed by atoms with van der Waals surface area (Å²) in [7, 11) is 0. The summed E-state index contributed by atoms with van der Waals surface area (Å²) in [4.78, 5) is 12.5. The molecular weight excluding hydrogens is 416 g/mol. The number of hydrogen-bond acceptors (Lipinski definition) is 2. The first kappa shape index (κ1) is 24.3. The molecule has 1 fully saturated rings. The first-order valence-corrected chi connectivity index (χ1v) is 12.7. The van der Waals surface area contributed by atoms with Crippen molar-refractivity contribution in [3.05, 3.63) is 101 Å². The van der Waals surface area contributed by atoms with Crippen molar-refractivity contribution in [1.82, 2.24) is 0 Å². The van der Waals surface area contributed by atoms with Crippen LogP contribution in [-0.4, -0.2) is 5.97 Å². The van der Waals surface area contributed by atoms with Gasteiger partial charge in [0.1, 0.15) is 5.75 Å². The van der Waals surface area contributed by atoms with E-state index in [1.807, 2.05) is 30.3 Å². The minimum atomic E-state index is -0.323. The molecule has 1 aliphatic carbocycles. The lowest BCUT2D eigenvalue weighted by Crippen LogP contribution is -2.33. The van der Waals surface area contributed by atoms with Gasteiger partial charge in [0.2, 0.25) is 0 Å². The summed E-state index contributed by atoms with van der Waals surface area (Å²) in [6.07, 6.45) is 4.73. The van der Waals surface area contributed by atoms with Crippen LogP contribution in [0.3, 0.4) is 0 Å². The van der Waals surface area contributed by atoms with Gasteiger partial charge in [0.05, 0.1) is 5.56 Å². The van der Waals surface area contributed by atoms with E-state index in [0.29, 0.717) is 23.1 Å². The minimum absolute atomic E-state index is 0.0586. The van der Waals surface area contributed by atoms with Crippen LogP contribution in [0.2, 0.25) is 0 Å². The summed E-state index contributed by atoms with van der Waals surface area (Å²) in [5, 5.41) is 0. The monoisotopic (exact) mass is 454 g/mol. The predicted molar refractivity (Wildman–Crippen MR) is 141 cm³/mol. The molecule has 178 valence electrons. The molecule has 0 spiro atoms. The van der Waals surface area contributed by atoms with Gasteiger partial charge in [0, 0.05) is 5.41 Å². The third-order valence-electron chi connectivity index (χ3n) is 7.55. The number of benzene rings is 3. The summed E-state index contributed by atoms with van der Waals surface area (Å²) >= 11 is 0. The highest BCUT2D eigenvalue weighted by Gasteiger charge is 2.42. The fourth-order valence-corrected chi connectivity index (χ4v) is 5.69. The van der Waals surface area contributed by atoms with Crippen molar-refractivity contribution in [3.63, 3.8) is 0 Å². The van der Waals surface area contributed by atoms with Crippen molar-refractivity contribution in [2.45, 2.75) is 71.6 Å². The number of hydrogen-bond donors (Lipinski definition) is 0. The Hall–Kier alpha value is -2.87. The topological polar surface area (TPSA) is 26.3 Å². The molecule has 34 heavy (non-hydrogen) atoms. The Balaban J connectivity index is 1.71. The molecule has 3 aromatic rings. The largest absolute Gasteiger partial charge is 0.423 e. The van der Waals surface area contributed by atoms with E-state index in [4.69, 9.17) is 4.74 Å². The first-order chi connectivity index (χ1) is 16.2. The molecule has 0 aromatic heterocycles. The molecule has 0 heterocycles. The third kappa shape index (κ3) is 5.27. The summed E-state index contributed by atoms with van der Waals surface area (Å²) in [6.45, 7) is 11.7. The van der Waals surface area contributed by atoms with Gasteiger partial charge in [-0.25, -0.2) is 4.79 Å². The van der Waals surface area contributed by atoms with Crippen molar-refractivity contribution in [3.8, 4) is 5.75 Å². The van der Waals surface area contributed by atoms with Gasteiger partial charge in [-0.15, -0.1) is 0 Å². The van der Waals surface area contributed by atoms with E-state index in [9.17, 15) is 4.79 Å². The molecule has 1 saturated carbocycles. The predicted octanol–water partition coefficient (Wildman–Crippen LogP) is 8.55. The van der Waals surface area contributed by atoms with Crippen LogP contribution in [-0.2, 0) is 5.41 Å². The van der Waals surface area contributed by atoms with Crippen LogP contribution in [0, 0.1) is 11.3 Å². The van der Waals surface area contributed by atoms with Gasteiger partial charge in [-0.1, -0.05) is 95.6 Å². The van der Waals surface area contributed by atoms with E-state index in [2.05, 4.69) is 71.0 Å². The van der Waals surface area contributed by atoms with Crippen molar-refractivity contribution >= 4 is 5.97 Å². The highest BCUT2D eigenvalue weighted by atomic mass is 16.5. The van der Waals surface area contributed by atoms with E-state index < -0.39 is 0 Å². The molecule has 1 aliphatic rings. The van der Waals surface area contributed by atoms with Crippen LogP contribution in [0.25, 0.3) is 0 Å². The Morgan fingerprint density at radius 2 is 1.47 bits per heavy atom. The Labute approximate surface area is 205 Å². The number of esters is 1. The summed E-state index contributed by atoms with van der Waals surface area (Å²) in [5.41, 5.74) is 4.84. The van der Waals surface area contributed by atoms with Crippen LogP contribution in [0.15, 0.2) is 78.9 Å². The van der Waals surface area contributed by atoms with E-state index in [-0.39, 0.29) is 16.8 Å². The molecule has 0 radical (unpaired) electrons. The van der Waals surface area contributed by atoms with Crippen molar-refractivity contribution < 1.29 is 9.53 Å². The van der Waals surface area contributed by atoms with E-state index in [0.717, 1.165) is 12.8 Å². The third-order valence-corrected chi connectivity index (χ3v) is 7.55. The molecule has 4 rings (SSSR count). The Morgan fingerprint density at radius 1 is 0.882 bits per heavy atom. The van der Waals surface area contributed by atoms with Gasteiger partial charge in [-0.2, -0.15) is 0 Å². The second-order valence-corrected chi connectivity index (χ2v) is 11.3. The Morgan fingerprint density at radius 3 is 2.06 bits per heavy atom. The van der Waals surface area contributed by atoms with E-state index >= 15 is 0 Å². The quantitative estimate of drug-likeness (QED) is 0.219. The zero-order valence-corrected chi connectivity index (χ0v) is 21.3. The zero-order chi connectivity index (χ0) is 24.3. The molecule has 0 saturated heterocycles. The normalized spacial score (nSPS) is 22.2. The maximum Gasteiger partial charge on any atom is 0.343 e. The lowest BCUT2D eigenvalue weighted by Gasteiger charge is -2.40. The molecule has 2 unspecified atom stereocenters. The Kier molecular flexibility index (Phi) is 6.98. The molecule has 2 atom stereocenters. The molecule has 0 aliphatic heterocycles. The minimum Gasteiger partial charge on any atom is -0.423 e. The SMILES string of the molecule is CC1CCC(C)(C)CC(c2ccc(OC(=O)c3ccccc3)cc2)(c2ccc(C(C)C)cc2)C1. The van der Waals surface area contributed by atoms with Crippen LogP contribution < -0.4 is 4.74 Å². The molecule has 3 aromatic carbocycles. The number of carbonyl (C=O) groups excluding carboxylic acids is 1. The Bertz CT molecular complexity index is 1090. The second-order valence-electron chi connectivity index (χ2n) is 11.3. The van der Waals surface area contributed by atoms with E-state index in [1.54, 1.807) is 12.1 Å². The van der Waals surface area contributed by atoms with Gasteiger partial charge >= 0.3 is 5.97 Å². The standard InChI is InChI=1S/C32H38O2/c1-23(2)25-11-13-27(14-12-25)32(21-24(3)19-20-31(4,5)22-32)28-15-17-29(18-16-28)34-30(33)26-9-7-6-8-10-26/h6-18,23-24H,19-22H2,1-5H3. The molecule has 2 heteroatoms. The molecular formula is C32H38O2. The van der Waals surface area contributed by atoms with Crippen LogP contribution in [0.5, 0.6) is 5.75 Å². The average Bonchev–Trinajstić information content (AvgIpc) is 2.96. The van der Waals surface area contributed by atoms with Gasteiger partial charge in [0.25, 0.3) is 0 Å². The lowest BCUT2D eigenvalue weighted by atomic mass is 9.63. The van der Waals surface area contributed by atoms with Crippen LogP contribution in [0.4, 0.5) is 0 Å². The summed E-state index contributed by atoms with van der Waals surface area (Å²) < 4.78 is 5.67. The summed E-state index contributed by atoms with van der Waals surface area (Å²) in [6, 6.07) is 26.8. The van der Waals surface area contributed by atoms with Gasteiger partial charge < -0.3 is 4.74 Å². The smallest absolute Gasteiger partial charge is 0.343 e. The highest BCUT2D eigenvalue weighted by molar-refractivity contribution is 5.90. The maximum atomic E-state index is 12.5. The number of carbonyl (C=O) groups is 1. The van der Waals surface area contributed by atoms with Gasteiger partial charge in [0.15, 0.2) is 0 Å². The summed E-state index contributed by atoms with van der Waals surface area (Å²) in [5.74, 6) is 1.43. The van der Waals surface area contributed by atoms with Crippen LogP contribution >= 0.6 is 0 Å². The van der Waals surface area contributed by atoms with Crippen molar-refractivity contribution in [2.24, 2.45) is 11.3 Å². The first-order valence-electron chi connectivity index (χ1n) is 12.7. The molecule has 2 nitrogen and oxygen atoms in total. The zero-order valence-electron chi connectivity index (χ0n) is 21.3. The number of ether oxygens (including phenoxy) is 1. The van der Waals surface area contributed by atoms with Crippen LogP contribution in [0.1, 0.15) is 93.3 Å². The van der Waals surface area contributed by atoms with Gasteiger partial charge in [-0.05, 0) is 77.5 Å². The molecule has 0 amide bonds. The lowest BCUT2D eigenvalue weighted by molar-refractivity contribution is 0.0734. The van der Waals surface area contributed by atoms with Gasteiger partial charge in [-0.3, -0.25) is 0 Å². The number of rotatable bonds is 5. The second kappa shape index (κ2) is 9.78. The maximum absolute atomic E-state index is 12.5. The fourth-order valence-electron chi connectivity index (χ4n) is 5.69. The molecule has 0 bridgehead atoms. The molecule has 0 N–H and O–H groups in total. The van der Waals surface area contributed by atoms with Crippen molar-refractivity contribution in [1.29, 1.82) is 0 Å². The average molecular weight is 455 g/mol.